The third-order valence-electron chi connectivity index (χ3n) is 2.62. The summed E-state index contributed by atoms with van der Waals surface area (Å²) >= 11 is 0. The van der Waals surface area contributed by atoms with Gasteiger partial charge in [-0.25, -0.2) is 4.79 Å². The zero-order valence-electron chi connectivity index (χ0n) is 10.7. The molecule has 2 amide bonds. The van der Waals surface area contributed by atoms with Crippen LogP contribution >= 0.6 is 0 Å². The van der Waals surface area contributed by atoms with E-state index in [0.717, 1.165) is 12.1 Å². The van der Waals surface area contributed by atoms with Gasteiger partial charge in [0.25, 0.3) is 0 Å². The molecule has 21 heavy (non-hydrogen) atoms. The number of benzene rings is 1. The van der Waals surface area contributed by atoms with E-state index < -0.39 is 17.8 Å². The van der Waals surface area contributed by atoms with E-state index in [1.807, 2.05) is 0 Å². The number of aromatic amines is 1. The molecule has 0 saturated carbocycles. The Kier molecular flexibility index (Phi) is 4.13. The third-order valence-corrected chi connectivity index (χ3v) is 2.62. The maximum Gasteiger partial charge on any atom is 0.416 e. The number of halogens is 3. The summed E-state index contributed by atoms with van der Waals surface area (Å²) < 4.78 is 37.7. The molecule has 9 heteroatoms. The number of nitrogens with zero attached hydrogens (tertiary/aromatic N) is 1. The lowest BCUT2D eigenvalue weighted by Gasteiger charge is -2.10. The molecule has 0 aliphatic carbocycles. The number of hydrogen-bond donors (Lipinski definition) is 4. The van der Waals surface area contributed by atoms with Gasteiger partial charge >= 0.3 is 12.2 Å². The molecular weight excluding hydrogens is 287 g/mol. The molecule has 2 aromatic rings. The average Bonchev–Trinajstić information content (AvgIpc) is 2.85. The van der Waals surface area contributed by atoms with E-state index in [4.69, 9.17) is 5.73 Å². The first-order valence-corrected chi connectivity index (χ1v) is 5.87. The minimum Gasteiger partial charge on any atom is -0.326 e. The lowest BCUT2D eigenvalue weighted by atomic mass is 10.2. The van der Waals surface area contributed by atoms with Crippen molar-refractivity contribution in [2.45, 2.75) is 12.7 Å². The Bertz CT molecular complexity index is 638. The van der Waals surface area contributed by atoms with Crippen molar-refractivity contribution >= 4 is 17.5 Å². The summed E-state index contributed by atoms with van der Waals surface area (Å²) in [6, 6.07) is 3.63. The molecule has 0 spiro atoms. The quantitative estimate of drug-likeness (QED) is 0.701. The van der Waals surface area contributed by atoms with Crippen LogP contribution in [-0.4, -0.2) is 16.2 Å². The Morgan fingerprint density at radius 3 is 2.76 bits per heavy atom. The predicted molar refractivity (Wildman–Crippen MR) is 70.6 cm³/mol. The van der Waals surface area contributed by atoms with Crippen LogP contribution < -0.4 is 16.4 Å². The number of aromatic nitrogens is 2. The summed E-state index contributed by atoms with van der Waals surface area (Å²) in [5.41, 5.74) is 5.19. The Labute approximate surface area is 117 Å². The minimum absolute atomic E-state index is 0.0242. The zero-order valence-corrected chi connectivity index (χ0v) is 10.7. The van der Waals surface area contributed by atoms with Gasteiger partial charge in [-0.2, -0.15) is 18.3 Å². The number of alkyl halides is 3. The smallest absolute Gasteiger partial charge is 0.326 e. The van der Waals surface area contributed by atoms with Gasteiger partial charge in [0.1, 0.15) is 5.82 Å². The highest BCUT2D eigenvalue weighted by Crippen LogP contribution is 2.30. The number of H-pyrrole nitrogens is 1. The van der Waals surface area contributed by atoms with Crippen LogP contribution in [0.4, 0.5) is 29.5 Å². The summed E-state index contributed by atoms with van der Waals surface area (Å²) in [5.74, 6) is 0.293. The number of amides is 2. The highest BCUT2D eigenvalue weighted by molar-refractivity contribution is 5.99. The summed E-state index contributed by atoms with van der Waals surface area (Å²) in [4.78, 5) is 11.7. The van der Waals surface area contributed by atoms with E-state index in [9.17, 15) is 18.0 Å². The number of carbonyl (C=O) groups is 1. The van der Waals surface area contributed by atoms with E-state index in [0.29, 0.717) is 11.4 Å². The Morgan fingerprint density at radius 2 is 2.10 bits per heavy atom. The second kappa shape index (κ2) is 5.83. The number of anilines is 2. The van der Waals surface area contributed by atoms with E-state index in [-0.39, 0.29) is 12.2 Å². The third kappa shape index (κ3) is 3.72. The molecule has 0 aliphatic rings. The van der Waals surface area contributed by atoms with Crippen molar-refractivity contribution < 1.29 is 18.0 Å². The summed E-state index contributed by atoms with van der Waals surface area (Å²) in [6.45, 7) is 0.162. The predicted octanol–water partition coefficient (Wildman–Crippen LogP) is 2.53. The molecule has 1 aromatic carbocycles. The zero-order chi connectivity index (χ0) is 15.5. The van der Waals surface area contributed by atoms with Crippen molar-refractivity contribution in [1.82, 2.24) is 10.2 Å². The molecule has 112 valence electrons. The van der Waals surface area contributed by atoms with Crippen molar-refractivity contribution in [2.75, 3.05) is 10.6 Å². The molecule has 0 unspecified atom stereocenters. The molecule has 0 fully saturated rings. The van der Waals surface area contributed by atoms with Crippen LogP contribution in [0.15, 0.2) is 30.5 Å². The van der Waals surface area contributed by atoms with E-state index >= 15 is 0 Å². The number of hydrogen-bond acceptors (Lipinski definition) is 3. The van der Waals surface area contributed by atoms with Crippen LogP contribution in [0.5, 0.6) is 0 Å². The van der Waals surface area contributed by atoms with Crippen LogP contribution in [0.25, 0.3) is 0 Å². The van der Waals surface area contributed by atoms with E-state index in [2.05, 4.69) is 20.8 Å². The van der Waals surface area contributed by atoms with Crippen LogP contribution in [0.3, 0.4) is 0 Å². The number of rotatable bonds is 3. The Balaban J connectivity index is 2.06. The molecular formula is C12H12F3N5O. The fourth-order valence-corrected chi connectivity index (χ4v) is 1.62. The fraction of sp³-hybridized carbons (Fsp3) is 0.167. The first kappa shape index (κ1) is 14.9. The molecule has 1 aromatic heterocycles. The lowest BCUT2D eigenvalue weighted by Crippen LogP contribution is -2.21. The Hall–Kier alpha value is -2.55. The highest BCUT2D eigenvalue weighted by atomic mass is 19.4. The average molecular weight is 299 g/mol. The van der Waals surface area contributed by atoms with Gasteiger partial charge in [0.2, 0.25) is 0 Å². The number of nitrogens with one attached hydrogen (secondary N) is 3. The topological polar surface area (TPSA) is 95.8 Å². The van der Waals surface area contributed by atoms with Gasteiger partial charge in [0, 0.05) is 17.8 Å². The van der Waals surface area contributed by atoms with Gasteiger partial charge in [0.15, 0.2) is 0 Å². The molecule has 2 rings (SSSR count). The molecule has 0 bridgehead atoms. The molecule has 1 heterocycles. The van der Waals surface area contributed by atoms with Crippen molar-refractivity contribution in [3.05, 3.63) is 41.6 Å². The van der Waals surface area contributed by atoms with Crippen LogP contribution in [-0.2, 0) is 12.7 Å². The van der Waals surface area contributed by atoms with Crippen LogP contribution in [0.1, 0.15) is 11.1 Å². The van der Waals surface area contributed by atoms with Gasteiger partial charge in [-0.15, -0.1) is 0 Å². The van der Waals surface area contributed by atoms with Gasteiger partial charge < -0.3 is 11.1 Å². The molecule has 0 saturated heterocycles. The van der Waals surface area contributed by atoms with Gasteiger partial charge in [0.05, 0.1) is 11.8 Å². The largest absolute Gasteiger partial charge is 0.416 e. The molecule has 6 nitrogen and oxygen atoms in total. The fourth-order valence-electron chi connectivity index (χ4n) is 1.62. The summed E-state index contributed by atoms with van der Waals surface area (Å²) in [5, 5.41) is 11.0. The lowest BCUT2D eigenvalue weighted by molar-refractivity contribution is -0.137. The number of nitrogens with two attached hydrogens (primary N) is 1. The summed E-state index contributed by atoms with van der Waals surface area (Å²) in [7, 11) is 0. The van der Waals surface area contributed by atoms with Crippen LogP contribution in [0.2, 0.25) is 0 Å². The second-order valence-electron chi connectivity index (χ2n) is 4.13. The van der Waals surface area contributed by atoms with Gasteiger partial charge in [-0.1, -0.05) is 6.07 Å². The molecule has 0 atom stereocenters. The van der Waals surface area contributed by atoms with Crippen molar-refractivity contribution in [2.24, 2.45) is 5.73 Å². The highest BCUT2D eigenvalue weighted by Gasteiger charge is 2.30. The maximum atomic E-state index is 12.6. The number of urea groups is 1. The van der Waals surface area contributed by atoms with Crippen molar-refractivity contribution in [1.29, 1.82) is 0 Å². The Morgan fingerprint density at radius 1 is 1.33 bits per heavy atom. The normalized spacial score (nSPS) is 11.2. The first-order valence-electron chi connectivity index (χ1n) is 5.87. The SMILES string of the molecule is NCc1cn[nH]c1NC(=O)Nc1cccc(C(F)(F)F)c1. The minimum atomic E-state index is -4.47. The van der Waals surface area contributed by atoms with E-state index in [1.165, 1.54) is 18.3 Å². The van der Waals surface area contributed by atoms with Crippen molar-refractivity contribution in [3.8, 4) is 0 Å². The van der Waals surface area contributed by atoms with Crippen LogP contribution in [0, 0.1) is 0 Å². The number of carbonyl (C=O) groups excluding carboxylic acids is 1. The second-order valence-corrected chi connectivity index (χ2v) is 4.13. The molecule has 0 aliphatic heterocycles. The summed E-state index contributed by atoms with van der Waals surface area (Å²) in [6.07, 6.45) is -3.02. The van der Waals surface area contributed by atoms with Crippen molar-refractivity contribution in [3.63, 3.8) is 0 Å². The van der Waals surface area contributed by atoms with E-state index in [1.54, 1.807) is 0 Å². The van der Waals surface area contributed by atoms with Gasteiger partial charge in [-0.05, 0) is 18.2 Å². The maximum absolute atomic E-state index is 12.6. The standard InChI is InChI=1S/C12H12F3N5O/c13-12(14,15)8-2-1-3-9(4-8)18-11(21)19-10-7(5-16)6-17-20-10/h1-4,6H,5,16H2,(H3,17,18,19,20,21). The first-order chi connectivity index (χ1) is 9.90. The monoisotopic (exact) mass is 299 g/mol. The molecule has 5 N–H and O–H groups in total. The van der Waals surface area contributed by atoms with Gasteiger partial charge in [-0.3, -0.25) is 10.4 Å². The molecule has 0 radical (unpaired) electrons.